The Bertz CT molecular complexity index is 766. The third-order valence-electron chi connectivity index (χ3n) is 3.44. The molecule has 3 aromatic rings. The lowest BCUT2D eigenvalue weighted by Gasteiger charge is -2.08. The van der Waals surface area contributed by atoms with Crippen LogP contribution in [0.15, 0.2) is 48.5 Å². The molecule has 0 amide bonds. The van der Waals surface area contributed by atoms with Crippen LogP contribution in [-0.4, -0.2) is 21.0 Å². The molecule has 2 aromatic carbocycles. The van der Waals surface area contributed by atoms with E-state index in [0.29, 0.717) is 19.0 Å². The Labute approximate surface area is 128 Å². The minimum absolute atomic E-state index is 0.399. The fraction of sp³-hybridized carbons (Fsp3) is 0.235. The smallest absolute Gasteiger partial charge is 0.153 e. The van der Waals surface area contributed by atoms with Gasteiger partial charge < -0.3 is 15.6 Å². The van der Waals surface area contributed by atoms with Crippen LogP contribution in [0.2, 0.25) is 0 Å². The molecule has 0 saturated carbocycles. The summed E-state index contributed by atoms with van der Waals surface area (Å²) in [5.41, 5.74) is 7.89. The first-order chi connectivity index (χ1) is 10.6. The van der Waals surface area contributed by atoms with Gasteiger partial charge in [0.1, 0.15) is 12.4 Å². The summed E-state index contributed by atoms with van der Waals surface area (Å²) in [6.45, 7) is 2.63. The van der Waals surface area contributed by atoms with Gasteiger partial charge in [-0.1, -0.05) is 30.3 Å². The fourth-order valence-electron chi connectivity index (χ4n) is 2.40. The van der Waals surface area contributed by atoms with Crippen molar-refractivity contribution in [3.05, 3.63) is 54.1 Å². The average molecular weight is 297 g/mol. The van der Waals surface area contributed by atoms with E-state index in [2.05, 4.69) is 5.10 Å². The number of benzene rings is 2. The molecule has 1 heterocycles. The lowest BCUT2D eigenvalue weighted by atomic mass is 10.2. The molecular formula is C17H19N3O2. The van der Waals surface area contributed by atoms with Crippen molar-refractivity contribution >= 4 is 16.7 Å². The third kappa shape index (κ3) is 3.04. The number of anilines is 1. The second-order valence-corrected chi connectivity index (χ2v) is 5.37. The number of nitrogens with two attached hydrogens (primary N) is 1. The molecule has 0 aliphatic rings. The lowest BCUT2D eigenvalue weighted by molar-refractivity contribution is 0.170. The number of rotatable bonds is 5. The number of aliphatic hydroxyl groups is 1. The minimum Gasteiger partial charge on any atom is -0.489 e. The molecule has 0 spiro atoms. The normalized spacial score (nSPS) is 12.5. The second kappa shape index (κ2) is 6.07. The van der Waals surface area contributed by atoms with E-state index in [-0.39, 0.29) is 0 Å². The molecule has 0 radical (unpaired) electrons. The van der Waals surface area contributed by atoms with Crippen molar-refractivity contribution in [3.8, 4) is 5.75 Å². The van der Waals surface area contributed by atoms with Crippen molar-refractivity contribution in [2.75, 3.05) is 5.73 Å². The summed E-state index contributed by atoms with van der Waals surface area (Å²) in [5.74, 6) is 1.22. The molecule has 1 aromatic heterocycles. The molecule has 3 rings (SSSR count). The highest BCUT2D eigenvalue weighted by molar-refractivity contribution is 5.90. The van der Waals surface area contributed by atoms with E-state index < -0.39 is 6.10 Å². The number of fused-ring (bicyclic) bond motifs is 1. The first kappa shape index (κ1) is 14.4. The predicted molar refractivity (Wildman–Crippen MR) is 86.6 cm³/mol. The topological polar surface area (TPSA) is 73.3 Å². The summed E-state index contributed by atoms with van der Waals surface area (Å²) in [4.78, 5) is 0. The van der Waals surface area contributed by atoms with Crippen molar-refractivity contribution in [1.82, 2.24) is 9.78 Å². The molecule has 1 unspecified atom stereocenters. The maximum atomic E-state index is 9.56. The molecule has 114 valence electrons. The highest BCUT2D eigenvalue weighted by atomic mass is 16.5. The first-order valence-electron chi connectivity index (χ1n) is 7.24. The van der Waals surface area contributed by atoms with E-state index in [1.54, 1.807) is 11.6 Å². The number of aliphatic hydroxyl groups excluding tert-OH is 1. The largest absolute Gasteiger partial charge is 0.489 e. The summed E-state index contributed by atoms with van der Waals surface area (Å²) in [5, 5.41) is 14.7. The van der Waals surface area contributed by atoms with Crippen LogP contribution in [0, 0.1) is 0 Å². The van der Waals surface area contributed by atoms with Gasteiger partial charge >= 0.3 is 0 Å². The van der Waals surface area contributed by atoms with E-state index in [4.69, 9.17) is 10.5 Å². The van der Waals surface area contributed by atoms with Gasteiger partial charge in [0.05, 0.1) is 18.2 Å². The van der Waals surface area contributed by atoms with Crippen molar-refractivity contribution in [1.29, 1.82) is 0 Å². The predicted octanol–water partition coefficient (Wildman–Crippen LogP) is 2.58. The molecule has 0 bridgehead atoms. The zero-order valence-corrected chi connectivity index (χ0v) is 12.4. The van der Waals surface area contributed by atoms with E-state index >= 15 is 0 Å². The van der Waals surface area contributed by atoms with Crippen molar-refractivity contribution in [3.63, 3.8) is 0 Å². The Hall–Kier alpha value is -2.53. The van der Waals surface area contributed by atoms with Crippen LogP contribution in [-0.2, 0) is 13.2 Å². The number of nitrogen functional groups attached to an aromatic ring is 1. The van der Waals surface area contributed by atoms with Crippen LogP contribution in [0.1, 0.15) is 12.5 Å². The van der Waals surface area contributed by atoms with Crippen LogP contribution in [0.3, 0.4) is 0 Å². The average Bonchev–Trinajstić information content (AvgIpc) is 2.81. The number of hydrogen-bond donors (Lipinski definition) is 2. The summed E-state index contributed by atoms with van der Waals surface area (Å²) < 4.78 is 7.54. The molecule has 0 saturated heterocycles. The minimum atomic E-state index is -0.489. The van der Waals surface area contributed by atoms with Crippen LogP contribution >= 0.6 is 0 Å². The molecule has 22 heavy (non-hydrogen) atoms. The van der Waals surface area contributed by atoms with Gasteiger partial charge in [0.25, 0.3) is 0 Å². The van der Waals surface area contributed by atoms with Crippen LogP contribution in [0.5, 0.6) is 5.75 Å². The molecular weight excluding hydrogens is 278 g/mol. The summed E-state index contributed by atoms with van der Waals surface area (Å²) in [7, 11) is 0. The van der Waals surface area contributed by atoms with E-state index in [1.165, 1.54) is 0 Å². The molecule has 1 atom stereocenters. The molecule has 5 nitrogen and oxygen atoms in total. The Morgan fingerprint density at radius 2 is 2.00 bits per heavy atom. The Kier molecular flexibility index (Phi) is 3.98. The molecule has 0 aliphatic heterocycles. The van der Waals surface area contributed by atoms with Crippen LogP contribution in [0.4, 0.5) is 5.82 Å². The fourth-order valence-corrected chi connectivity index (χ4v) is 2.40. The first-order valence-corrected chi connectivity index (χ1v) is 7.24. The second-order valence-electron chi connectivity index (χ2n) is 5.37. The Morgan fingerprint density at radius 3 is 2.73 bits per heavy atom. The summed E-state index contributed by atoms with van der Waals surface area (Å²) in [6, 6.07) is 15.7. The van der Waals surface area contributed by atoms with Gasteiger partial charge in [0, 0.05) is 11.5 Å². The van der Waals surface area contributed by atoms with Gasteiger partial charge in [-0.15, -0.1) is 0 Å². The van der Waals surface area contributed by atoms with Gasteiger partial charge in [-0.2, -0.15) is 5.10 Å². The highest BCUT2D eigenvalue weighted by Gasteiger charge is 2.11. The van der Waals surface area contributed by atoms with Crippen molar-refractivity contribution in [2.45, 2.75) is 26.2 Å². The lowest BCUT2D eigenvalue weighted by Crippen LogP contribution is -2.13. The zero-order valence-electron chi connectivity index (χ0n) is 12.4. The van der Waals surface area contributed by atoms with E-state index in [9.17, 15) is 5.11 Å². The molecule has 0 fully saturated rings. The molecule has 0 aliphatic carbocycles. The van der Waals surface area contributed by atoms with Crippen LogP contribution < -0.4 is 10.5 Å². The third-order valence-corrected chi connectivity index (χ3v) is 3.44. The van der Waals surface area contributed by atoms with Crippen molar-refractivity contribution < 1.29 is 9.84 Å². The summed E-state index contributed by atoms with van der Waals surface area (Å²) >= 11 is 0. The Morgan fingerprint density at radius 1 is 1.23 bits per heavy atom. The van der Waals surface area contributed by atoms with Gasteiger partial charge in [-0.05, 0) is 24.6 Å². The number of aromatic nitrogens is 2. The van der Waals surface area contributed by atoms with Gasteiger partial charge in [-0.3, -0.25) is 4.68 Å². The standard InChI is InChI=1S/C17H19N3O2/c1-12(21)10-20-16-9-14(7-8-15(16)17(18)19-20)22-11-13-5-3-2-4-6-13/h2-9,12,21H,10-11H2,1H3,(H2,18,19). The SMILES string of the molecule is CC(O)Cn1nc(N)c2ccc(OCc3ccccc3)cc21. The summed E-state index contributed by atoms with van der Waals surface area (Å²) in [6.07, 6.45) is -0.489. The van der Waals surface area contributed by atoms with Crippen LogP contribution in [0.25, 0.3) is 10.9 Å². The molecule has 5 heteroatoms. The molecule has 3 N–H and O–H groups in total. The zero-order chi connectivity index (χ0) is 15.5. The quantitative estimate of drug-likeness (QED) is 0.759. The number of ether oxygens (including phenoxy) is 1. The van der Waals surface area contributed by atoms with Gasteiger partial charge in [-0.25, -0.2) is 0 Å². The monoisotopic (exact) mass is 297 g/mol. The van der Waals surface area contributed by atoms with Crippen molar-refractivity contribution in [2.24, 2.45) is 0 Å². The number of nitrogens with zero attached hydrogens (tertiary/aromatic N) is 2. The van der Waals surface area contributed by atoms with E-state index in [1.807, 2.05) is 48.5 Å². The van der Waals surface area contributed by atoms with Gasteiger partial charge in [0.2, 0.25) is 0 Å². The Balaban J connectivity index is 1.85. The van der Waals surface area contributed by atoms with Gasteiger partial charge in [0.15, 0.2) is 5.82 Å². The number of hydrogen-bond acceptors (Lipinski definition) is 4. The highest BCUT2D eigenvalue weighted by Crippen LogP contribution is 2.26. The maximum absolute atomic E-state index is 9.56. The van der Waals surface area contributed by atoms with E-state index in [0.717, 1.165) is 22.2 Å². The maximum Gasteiger partial charge on any atom is 0.153 e.